The zero-order chi connectivity index (χ0) is 22.4. The van der Waals surface area contributed by atoms with Gasteiger partial charge in [-0.2, -0.15) is 4.39 Å². The van der Waals surface area contributed by atoms with Crippen molar-refractivity contribution in [1.82, 2.24) is 9.88 Å². The summed E-state index contributed by atoms with van der Waals surface area (Å²) in [4.78, 5) is 32.5. The summed E-state index contributed by atoms with van der Waals surface area (Å²) in [5, 5.41) is 3.33. The molecule has 32 heavy (non-hydrogen) atoms. The van der Waals surface area contributed by atoms with Crippen molar-refractivity contribution in [1.29, 1.82) is 0 Å². The first-order valence-corrected chi connectivity index (χ1v) is 11.2. The molecule has 2 amide bonds. The Morgan fingerprint density at radius 2 is 2.09 bits per heavy atom. The number of hydrogen-bond donors (Lipinski definition) is 1. The molecule has 0 radical (unpaired) electrons. The minimum absolute atomic E-state index is 0.0138. The number of nitrogens with zero attached hydrogens (tertiary/aromatic N) is 3. The van der Waals surface area contributed by atoms with Crippen LogP contribution in [-0.4, -0.2) is 52.6 Å². The van der Waals surface area contributed by atoms with E-state index in [0.29, 0.717) is 29.6 Å². The van der Waals surface area contributed by atoms with E-state index < -0.39 is 17.9 Å². The molecular weight excluding hydrogens is 455 g/mol. The van der Waals surface area contributed by atoms with Crippen molar-refractivity contribution in [2.75, 3.05) is 30.0 Å². The normalized spacial score (nSPS) is 20.9. The summed E-state index contributed by atoms with van der Waals surface area (Å²) in [6.07, 6.45) is 3.08. The smallest absolute Gasteiger partial charge is 0.274 e. The molecule has 3 fully saturated rings. The fraction of sp³-hybridized carbons (Fsp3) is 0.364. The molecule has 1 N–H and O–H groups in total. The third kappa shape index (κ3) is 3.74. The average molecular weight is 475 g/mol. The number of carbonyl (C=O) groups is 2. The topological polar surface area (TPSA) is 74.8 Å². The van der Waals surface area contributed by atoms with Gasteiger partial charge in [-0.15, -0.1) is 0 Å². The Labute approximate surface area is 194 Å². The summed E-state index contributed by atoms with van der Waals surface area (Å²) in [5.74, 6) is -1.12. The number of anilines is 2. The predicted octanol–water partition coefficient (Wildman–Crippen LogP) is 3.73. The Morgan fingerprint density at radius 1 is 1.28 bits per heavy atom. The molecule has 2 aromatic rings. The lowest BCUT2D eigenvalue weighted by molar-refractivity contribution is -0.123. The molecule has 3 aliphatic rings. The molecule has 0 bridgehead atoms. The quantitative estimate of drug-likeness (QED) is 0.537. The van der Waals surface area contributed by atoms with Gasteiger partial charge in [0, 0.05) is 12.2 Å². The third-order valence-corrected chi connectivity index (χ3v) is 6.86. The number of rotatable bonds is 4. The van der Waals surface area contributed by atoms with Crippen molar-refractivity contribution >= 4 is 52.1 Å². The van der Waals surface area contributed by atoms with E-state index in [0.717, 1.165) is 24.8 Å². The van der Waals surface area contributed by atoms with Crippen LogP contribution in [-0.2, 0) is 9.53 Å². The molecule has 5 rings (SSSR count). The van der Waals surface area contributed by atoms with E-state index >= 15 is 0 Å². The molecule has 1 saturated carbocycles. The fourth-order valence-corrected chi connectivity index (χ4v) is 4.87. The minimum Gasteiger partial charge on any atom is -0.377 e. The summed E-state index contributed by atoms with van der Waals surface area (Å²) >= 11 is 11.9. The van der Waals surface area contributed by atoms with Crippen molar-refractivity contribution in [3.05, 3.63) is 52.6 Å². The second-order valence-corrected chi connectivity index (χ2v) is 8.87. The molecule has 1 unspecified atom stereocenters. The highest BCUT2D eigenvalue weighted by molar-refractivity contribution is 7.80. The van der Waals surface area contributed by atoms with Crippen LogP contribution in [0.3, 0.4) is 0 Å². The number of pyridine rings is 1. The summed E-state index contributed by atoms with van der Waals surface area (Å²) < 4.78 is 19.4. The van der Waals surface area contributed by atoms with Gasteiger partial charge in [0.15, 0.2) is 5.11 Å². The Balaban J connectivity index is 1.35. The lowest BCUT2D eigenvalue weighted by atomic mass is 9.80. The van der Waals surface area contributed by atoms with Crippen LogP contribution in [0.5, 0.6) is 0 Å². The van der Waals surface area contributed by atoms with Crippen LogP contribution in [0.15, 0.2) is 30.3 Å². The Kier molecular flexibility index (Phi) is 5.56. The first kappa shape index (κ1) is 21.2. The van der Waals surface area contributed by atoms with Crippen LogP contribution in [0.4, 0.5) is 15.8 Å². The molecule has 1 atom stereocenters. The Morgan fingerprint density at radius 3 is 2.78 bits per heavy atom. The van der Waals surface area contributed by atoms with E-state index in [9.17, 15) is 14.0 Å². The molecule has 1 aliphatic carbocycles. The van der Waals surface area contributed by atoms with Crippen molar-refractivity contribution in [2.45, 2.75) is 31.2 Å². The van der Waals surface area contributed by atoms with E-state index in [1.54, 1.807) is 18.2 Å². The van der Waals surface area contributed by atoms with Gasteiger partial charge in [-0.3, -0.25) is 14.5 Å². The van der Waals surface area contributed by atoms with Gasteiger partial charge in [-0.1, -0.05) is 18.0 Å². The molecule has 1 aromatic heterocycles. The summed E-state index contributed by atoms with van der Waals surface area (Å²) in [5.41, 5.74) is 1.65. The number of nitrogens with one attached hydrogen (secondary N) is 1. The van der Waals surface area contributed by atoms with Gasteiger partial charge >= 0.3 is 0 Å². The maximum absolute atomic E-state index is 14.0. The number of aromatic nitrogens is 1. The van der Waals surface area contributed by atoms with E-state index in [4.69, 9.17) is 28.6 Å². The van der Waals surface area contributed by atoms with Gasteiger partial charge in [-0.25, -0.2) is 4.98 Å². The molecule has 3 heterocycles. The predicted molar refractivity (Wildman–Crippen MR) is 122 cm³/mol. The Bertz CT molecular complexity index is 1100. The lowest BCUT2D eigenvalue weighted by Crippen LogP contribution is -2.44. The molecule has 0 spiro atoms. The molecule has 10 heteroatoms. The van der Waals surface area contributed by atoms with Gasteiger partial charge in [0.1, 0.15) is 11.7 Å². The van der Waals surface area contributed by atoms with Crippen LogP contribution in [0.1, 0.15) is 41.2 Å². The number of carbonyl (C=O) groups excluding carboxylic acids is 2. The van der Waals surface area contributed by atoms with Gasteiger partial charge in [0.2, 0.25) is 5.95 Å². The van der Waals surface area contributed by atoms with Crippen molar-refractivity contribution in [3.8, 4) is 0 Å². The number of halogens is 2. The van der Waals surface area contributed by atoms with Gasteiger partial charge in [0.25, 0.3) is 11.8 Å². The maximum Gasteiger partial charge on any atom is 0.274 e. The van der Waals surface area contributed by atoms with Crippen LogP contribution in [0, 0.1) is 5.95 Å². The molecule has 1 aromatic carbocycles. The van der Waals surface area contributed by atoms with Crippen LogP contribution < -0.4 is 10.2 Å². The average Bonchev–Trinajstić information content (AvgIpc) is 2.97. The second-order valence-electron chi connectivity index (χ2n) is 8.10. The fourth-order valence-electron chi connectivity index (χ4n) is 4.20. The highest BCUT2D eigenvalue weighted by Crippen LogP contribution is 2.37. The SMILES string of the molecule is O=C(Nc1ccc(N2C(=O)C3COCCN3C2=S)c(Cl)c1)c1cc(C2CCC2)cc(F)n1. The van der Waals surface area contributed by atoms with E-state index in [1.165, 1.54) is 17.0 Å². The zero-order valence-corrected chi connectivity index (χ0v) is 18.6. The van der Waals surface area contributed by atoms with Crippen LogP contribution >= 0.6 is 23.8 Å². The molecular formula is C22H20ClFN4O3S. The van der Waals surface area contributed by atoms with Crippen LogP contribution in [0.2, 0.25) is 5.02 Å². The monoisotopic (exact) mass is 474 g/mol. The summed E-state index contributed by atoms with van der Waals surface area (Å²) in [6, 6.07) is 7.36. The van der Waals surface area contributed by atoms with E-state index in [1.807, 2.05) is 4.90 Å². The van der Waals surface area contributed by atoms with E-state index in [2.05, 4.69) is 10.3 Å². The number of morpholine rings is 1. The number of fused-ring (bicyclic) bond motifs is 1. The van der Waals surface area contributed by atoms with Crippen molar-refractivity contribution < 1.29 is 18.7 Å². The molecule has 166 valence electrons. The zero-order valence-electron chi connectivity index (χ0n) is 17.0. The largest absolute Gasteiger partial charge is 0.377 e. The maximum atomic E-state index is 14.0. The van der Waals surface area contributed by atoms with Gasteiger partial charge in [-0.05, 0) is 66.9 Å². The molecule has 2 aliphatic heterocycles. The summed E-state index contributed by atoms with van der Waals surface area (Å²) in [7, 11) is 0. The summed E-state index contributed by atoms with van der Waals surface area (Å²) in [6.45, 7) is 1.33. The van der Waals surface area contributed by atoms with Crippen molar-refractivity contribution in [2.24, 2.45) is 0 Å². The highest BCUT2D eigenvalue weighted by Gasteiger charge is 2.45. The number of thiocarbonyl (C=S) groups is 1. The number of benzene rings is 1. The lowest BCUT2D eigenvalue weighted by Gasteiger charge is -2.28. The first-order valence-electron chi connectivity index (χ1n) is 10.4. The van der Waals surface area contributed by atoms with E-state index in [-0.39, 0.29) is 29.1 Å². The van der Waals surface area contributed by atoms with Gasteiger partial charge in [0.05, 0.1) is 23.9 Å². The highest BCUT2D eigenvalue weighted by atomic mass is 35.5. The van der Waals surface area contributed by atoms with Crippen LogP contribution in [0.25, 0.3) is 0 Å². The number of hydrogen-bond acceptors (Lipinski definition) is 5. The second kappa shape index (κ2) is 8.38. The first-order chi connectivity index (χ1) is 15.4. The minimum atomic E-state index is -0.672. The number of amides is 2. The number of ether oxygens (including phenoxy) is 1. The molecule has 2 saturated heterocycles. The standard InChI is InChI=1S/C22H20ClFN4O3S/c23-15-10-14(25-20(29)16-8-13(9-19(24)26-16)12-2-1-3-12)4-5-17(15)28-21(30)18-11-31-7-6-27(18)22(28)32/h4-5,8-10,12,18H,1-3,6-7,11H2,(H,25,29). The van der Waals surface area contributed by atoms with Gasteiger partial charge < -0.3 is 15.0 Å². The molecule has 7 nitrogen and oxygen atoms in total. The Hall–Kier alpha value is -2.62. The third-order valence-electron chi connectivity index (χ3n) is 6.14. The van der Waals surface area contributed by atoms with Crippen molar-refractivity contribution in [3.63, 3.8) is 0 Å².